The van der Waals surface area contributed by atoms with Crippen molar-refractivity contribution in [3.63, 3.8) is 0 Å². The Morgan fingerprint density at radius 3 is 2.94 bits per heavy atom. The van der Waals surface area contributed by atoms with Crippen LogP contribution in [0.1, 0.15) is 35.3 Å². The Morgan fingerprint density at radius 2 is 2.38 bits per heavy atom. The van der Waals surface area contributed by atoms with Crippen molar-refractivity contribution in [2.45, 2.75) is 31.3 Å². The van der Waals surface area contributed by atoms with E-state index in [4.69, 9.17) is 0 Å². The van der Waals surface area contributed by atoms with E-state index in [0.29, 0.717) is 18.5 Å². The topological polar surface area (TPSA) is 64.3 Å². The molecule has 1 heterocycles. The van der Waals surface area contributed by atoms with Gasteiger partial charge in [-0.1, -0.05) is 0 Å². The molecule has 0 spiro atoms. The van der Waals surface area contributed by atoms with E-state index in [0.717, 1.165) is 18.4 Å². The van der Waals surface area contributed by atoms with Crippen LogP contribution in [0.4, 0.5) is 0 Å². The van der Waals surface area contributed by atoms with Gasteiger partial charge in [0.15, 0.2) is 5.69 Å². The van der Waals surface area contributed by atoms with E-state index in [1.54, 1.807) is 17.9 Å². The number of aliphatic hydroxyl groups is 1. The summed E-state index contributed by atoms with van der Waals surface area (Å²) in [5.41, 5.74) is 0.701. The van der Waals surface area contributed by atoms with Crippen molar-refractivity contribution in [2.24, 2.45) is 7.05 Å². The smallest absolute Gasteiger partial charge is 0.358 e. The highest BCUT2D eigenvalue weighted by Crippen LogP contribution is 2.39. The Hall–Kier alpha value is -1.36. The third-order valence-corrected chi connectivity index (χ3v) is 2.97. The summed E-state index contributed by atoms with van der Waals surface area (Å²) in [5, 5.41) is 13.8. The van der Waals surface area contributed by atoms with Crippen LogP contribution in [-0.4, -0.2) is 33.6 Å². The summed E-state index contributed by atoms with van der Waals surface area (Å²) >= 11 is 0. The maximum atomic E-state index is 11.4. The zero-order valence-corrected chi connectivity index (χ0v) is 9.56. The van der Waals surface area contributed by atoms with Gasteiger partial charge in [0.2, 0.25) is 0 Å². The van der Waals surface area contributed by atoms with Gasteiger partial charge in [0.1, 0.15) is 0 Å². The quantitative estimate of drug-likeness (QED) is 0.763. The maximum Gasteiger partial charge on any atom is 0.358 e. The number of rotatable bonds is 4. The van der Waals surface area contributed by atoms with E-state index in [1.165, 1.54) is 7.11 Å². The largest absolute Gasteiger partial charge is 0.464 e. The fourth-order valence-electron chi connectivity index (χ4n) is 1.75. The van der Waals surface area contributed by atoms with Crippen LogP contribution in [0, 0.1) is 0 Å². The number of hydrogen-bond donors (Lipinski definition) is 1. The summed E-state index contributed by atoms with van der Waals surface area (Å²) in [6.07, 6.45) is 4.87. The van der Waals surface area contributed by atoms with Crippen molar-refractivity contribution in [1.29, 1.82) is 0 Å². The van der Waals surface area contributed by atoms with Crippen LogP contribution in [0.25, 0.3) is 0 Å². The number of methoxy groups -OCH3 is 1. The Morgan fingerprint density at radius 1 is 1.69 bits per heavy atom. The molecule has 5 nitrogen and oxygen atoms in total. The molecule has 1 aromatic heterocycles. The minimum Gasteiger partial charge on any atom is -0.464 e. The Balaban J connectivity index is 2.09. The molecule has 0 bridgehead atoms. The van der Waals surface area contributed by atoms with Crippen molar-refractivity contribution >= 4 is 5.97 Å². The molecule has 1 fully saturated rings. The molecule has 0 aromatic carbocycles. The summed E-state index contributed by atoms with van der Waals surface area (Å²) in [6.45, 7) is 0. The molecule has 1 aromatic rings. The molecule has 1 N–H and O–H groups in total. The number of carbonyl (C=O) groups is 1. The van der Waals surface area contributed by atoms with E-state index < -0.39 is 11.6 Å². The fraction of sp³-hybridized carbons (Fsp3) is 0.636. The highest BCUT2D eigenvalue weighted by Gasteiger charge is 2.39. The first-order valence-electron chi connectivity index (χ1n) is 5.37. The molecule has 88 valence electrons. The van der Waals surface area contributed by atoms with Crippen LogP contribution in [0.2, 0.25) is 0 Å². The van der Waals surface area contributed by atoms with Crippen molar-refractivity contribution in [1.82, 2.24) is 9.78 Å². The summed E-state index contributed by atoms with van der Waals surface area (Å²) in [4.78, 5) is 11.4. The lowest BCUT2D eigenvalue weighted by molar-refractivity contribution is 0.0591. The summed E-state index contributed by atoms with van der Waals surface area (Å²) in [6, 6.07) is 0. The second kappa shape index (κ2) is 3.90. The van der Waals surface area contributed by atoms with Gasteiger partial charge in [0, 0.05) is 18.8 Å². The van der Waals surface area contributed by atoms with Gasteiger partial charge in [0.05, 0.1) is 12.7 Å². The molecule has 0 unspecified atom stereocenters. The summed E-state index contributed by atoms with van der Waals surface area (Å²) < 4.78 is 6.26. The van der Waals surface area contributed by atoms with E-state index in [2.05, 4.69) is 9.84 Å². The molecule has 1 saturated carbocycles. The molecule has 1 aliphatic carbocycles. The van der Waals surface area contributed by atoms with Crippen molar-refractivity contribution < 1.29 is 14.6 Å². The SMILES string of the molecule is COC(=O)c1nn(C)cc1CCC1(O)CC1. The van der Waals surface area contributed by atoms with E-state index >= 15 is 0 Å². The molecule has 0 atom stereocenters. The molecule has 0 saturated heterocycles. The zero-order valence-electron chi connectivity index (χ0n) is 9.56. The van der Waals surface area contributed by atoms with Crippen LogP contribution in [0.15, 0.2) is 6.20 Å². The zero-order chi connectivity index (χ0) is 11.8. The molecule has 1 aliphatic rings. The summed E-state index contributed by atoms with van der Waals surface area (Å²) in [5.74, 6) is -0.418. The van der Waals surface area contributed by atoms with Gasteiger partial charge in [-0.25, -0.2) is 4.79 Å². The predicted octanol–water partition coefficient (Wildman–Crippen LogP) is 0.664. The van der Waals surface area contributed by atoms with Gasteiger partial charge in [-0.15, -0.1) is 0 Å². The van der Waals surface area contributed by atoms with Crippen molar-refractivity contribution in [3.05, 3.63) is 17.5 Å². The third-order valence-electron chi connectivity index (χ3n) is 2.97. The normalized spacial score (nSPS) is 17.2. The standard InChI is InChI=1S/C11H16N2O3/c1-13-7-8(3-4-11(15)5-6-11)9(12-13)10(14)16-2/h7,15H,3-6H2,1-2H3. The van der Waals surface area contributed by atoms with Gasteiger partial charge < -0.3 is 9.84 Å². The lowest BCUT2D eigenvalue weighted by atomic mass is 10.1. The number of aryl methyl sites for hydroxylation is 2. The van der Waals surface area contributed by atoms with Gasteiger partial charge in [-0.3, -0.25) is 4.68 Å². The Labute approximate surface area is 94.0 Å². The fourth-order valence-corrected chi connectivity index (χ4v) is 1.75. The minimum atomic E-state index is -0.497. The van der Waals surface area contributed by atoms with Crippen molar-refractivity contribution in [2.75, 3.05) is 7.11 Å². The number of nitrogens with zero attached hydrogens (tertiary/aromatic N) is 2. The van der Waals surface area contributed by atoms with E-state index in [9.17, 15) is 9.90 Å². The first-order valence-corrected chi connectivity index (χ1v) is 5.37. The second-order valence-electron chi connectivity index (χ2n) is 4.39. The number of esters is 1. The lowest BCUT2D eigenvalue weighted by Gasteiger charge is -2.06. The highest BCUT2D eigenvalue weighted by molar-refractivity contribution is 5.88. The van der Waals surface area contributed by atoms with Gasteiger partial charge in [0.25, 0.3) is 0 Å². The predicted molar refractivity (Wildman–Crippen MR) is 57.1 cm³/mol. The third kappa shape index (κ3) is 2.24. The Kier molecular flexibility index (Phi) is 2.71. The number of ether oxygens (including phenoxy) is 1. The van der Waals surface area contributed by atoms with Crippen LogP contribution in [-0.2, 0) is 18.2 Å². The number of aromatic nitrogens is 2. The van der Waals surface area contributed by atoms with Crippen LogP contribution < -0.4 is 0 Å². The maximum absolute atomic E-state index is 11.4. The first-order chi connectivity index (χ1) is 7.54. The average Bonchev–Trinajstić information content (AvgIpc) is 2.87. The average molecular weight is 224 g/mol. The van der Waals surface area contributed by atoms with Crippen LogP contribution >= 0.6 is 0 Å². The van der Waals surface area contributed by atoms with E-state index in [1.807, 2.05) is 0 Å². The number of hydrogen-bond acceptors (Lipinski definition) is 4. The van der Waals surface area contributed by atoms with Gasteiger partial charge in [-0.05, 0) is 25.7 Å². The molecule has 5 heteroatoms. The van der Waals surface area contributed by atoms with Crippen LogP contribution in [0.5, 0.6) is 0 Å². The molecular weight excluding hydrogens is 208 g/mol. The molecule has 2 rings (SSSR count). The van der Waals surface area contributed by atoms with Crippen LogP contribution in [0.3, 0.4) is 0 Å². The number of carbonyl (C=O) groups excluding carboxylic acids is 1. The molecule has 16 heavy (non-hydrogen) atoms. The molecular formula is C11H16N2O3. The highest BCUT2D eigenvalue weighted by atomic mass is 16.5. The Bertz CT molecular complexity index is 407. The van der Waals surface area contributed by atoms with Gasteiger partial charge in [-0.2, -0.15) is 5.10 Å². The van der Waals surface area contributed by atoms with Gasteiger partial charge >= 0.3 is 5.97 Å². The minimum absolute atomic E-state index is 0.356. The summed E-state index contributed by atoms with van der Waals surface area (Å²) in [7, 11) is 3.11. The van der Waals surface area contributed by atoms with Crippen molar-refractivity contribution in [3.8, 4) is 0 Å². The molecule has 0 aliphatic heterocycles. The molecule has 0 amide bonds. The first kappa shape index (κ1) is 11.1. The monoisotopic (exact) mass is 224 g/mol. The lowest BCUT2D eigenvalue weighted by Crippen LogP contribution is -2.10. The van der Waals surface area contributed by atoms with E-state index in [-0.39, 0.29) is 0 Å². The molecule has 0 radical (unpaired) electrons. The second-order valence-corrected chi connectivity index (χ2v) is 4.39.